The summed E-state index contributed by atoms with van der Waals surface area (Å²) >= 11 is 1.45. The van der Waals surface area contributed by atoms with E-state index in [-0.39, 0.29) is 12.4 Å². The number of hydrogen-bond donors (Lipinski definition) is 0. The largest absolute Gasteiger partial charge is 0.468 e. The lowest BCUT2D eigenvalue weighted by Crippen LogP contribution is -2.06. The Labute approximate surface area is 97.9 Å². The maximum atomic E-state index is 11.8. The van der Waals surface area contributed by atoms with Crippen LogP contribution in [0.4, 0.5) is 13.2 Å². The highest BCUT2D eigenvalue weighted by atomic mass is 32.2. The Balaban J connectivity index is 3.13. The van der Waals surface area contributed by atoms with E-state index in [4.69, 9.17) is 0 Å². The first kappa shape index (κ1) is 15.6. The van der Waals surface area contributed by atoms with E-state index in [1.165, 1.54) is 18.9 Å². The summed E-state index contributed by atoms with van der Waals surface area (Å²) in [7, 11) is 1.33. The fourth-order valence-electron chi connectivity index (χ4n) is 1.10. The van der Waals surface area contributed by atoms with Gasteiger partial charge in [-0.15, -0.1) is 0 Å². The van der Waals surface area contributed by atoms with E-state index in [2.05, 4.69) is 4.74 Å². The van der Waals surface area contributed by atoms with Gasteiger partial charge in [-0.3, -0.25) is 4.79 Å². The maximum absolute atomic E-state index is 11.8. The Morgan fingerprint density at radius 2 is 1.81 bits per heavy atom. The minimum atomic E-state index is -4.03. The van der Waals surface area contributed by atoms with Crippen LogP contribution in [0, 0.1) is 0 Å². The number of esters is 1. The highest BCUT2D eigenvalue weighted by Crippen LogP contribution is 2.23. The third-order valence-electron chi connectivity index (χ3n) is 1.95. The van der Waals surface area contributed by atoms with Gasteiger partial charge in [0.05, 0.1) is 12.9 Å². The fraction of sp³-hybridized carbons (Fsp3) is 0.900. The van der Waals surface area contributed by atoms with Crippen LogP contribution in [0.2, 0.25) is 0 Å². The molecule has 0 fully saturated rings. The van der Waals surface area contributed by atoms with E-state index < -0.39 is 12.6 Å². The number of methoxy groups -OCH3 is 1. The molecule has 0 saturated heterocycles. The highest BCUT2D eigenvalue weighted by molar-refractivity contribution is 7.99. The van der Waals surface area contributed by atoms with Gasteiger partial charge in [-0.1, -0.05) is 12.8 Å². The first-order valence-electron chi connectivity index (χ1n) is 5.17. The second kappa shape index (κ2) is 8.73. The summed E-state index contributed by atoms with van der Waals surface area (Å²) < 4.78 is 39.7. The lowest BCUT2D eigenvalue weighted by Gasteiger charge is -2.05. The van der Waals surface area contributed by atoms with E-state index in [1.54, 1.807) is 0 Å². The van der Waals surface area contributed by atoms with Gasteiger partial charge in [0.1, 0.15) is 0 Å². The van der Waals surface area contributed by atoms with Gasteiger partial charge in [-0.05, 0) is 18.6 Å². The Morgan fingerprint density at radius 1 is 1.19 bits per heavy atom. The van der Waals surface area contributed by atoms with Crippen molar-refractivity contribution in [1.29, 1.82) is 0 Å². The first-order valence-corrected chi connectivity index (χ1v) is 6.32. The van der Waals surface area contributed by atoms with E-state index >= 15 is 0 Å². The highest BCUT2D eigenvalue weighted by Gasteiger charge is 2.25. The van der Waals surface area contributed by atoms with Gasteiger partial charge in [-0.25, -0.2) is 0 Å². The molecule has 0 bridgehead atoms. The smallest absolute Gasteiger partial charge is 0.389 e. The van der Waals surface area contributed by atoms with Crippen molar-refractivity contribution in [2.24, 2.45) is 0 Å². The standard InChI is InChI=1S/C10H17F3O2S/c1-15-9(14)8-16-7-5-3-2-4-6-10(11,12)13/h2-8H2,1H3. The predicted molar refractivity (Wildman–Crippen MR) is 58.5 cm³/mol. The maximum Gasteiger partial charge on any atom is 0.389 e. The molecular weight excluding hydrogens is 241 g/mol. The molecule has 0 atom stereocenters. The number of carbonyl (C=O) groups excluding carboxylic acids is 1. The number of rotatable bonds is 8. The van der Waals surface area contributed by atoms with Crippen LogP contribution in [0.5, 0.6) is 0 Å². The number of unbranched alkanes of at least 4 members (excludes halogenated alkanes) is 3. The van der Waals surface area contributed by atoms with Crippen LogP contribution in [-0.2, 0) is 9.53 Å². The third-order valence-corrected chi connectivity index (χ3v) is 2.96. The van der Waals surface area contributed by atoms with Crippen LogP contribution in [0.25, 0.3) is 0 Å². The lowest BCUT2D eigenvalue weighted by molar-refractivity contribution is -0.137. The Hall–Kier alpha value is -0.390. The molecular formula is C10H17F3O2S. The van der Waals surface area contributed by atoms with Crippen molar-refractivity contribution in [3.63, 3.8) is 0 Å². The van der Waals surface area contributed by atoms with Crippen LogP contribution in [0.3, 0.4) is 0 Å². The number of thioether (sulfide) groups is 1. The van der Waals surface area contributed by atoms with Crippen LogP contribution in [-0.4, -0.2) is 30.8 Å². The van der Waals surface area contributed by atoms with Crippen molar-refractivity contribution < 1.29 is 22.7 Å². The third kappa shape index (κ3) is 11.7. The van der Waals surface area contributed by atoms with Gasteiger partial charge < -0.3 is 4.74 Å². The minimum absolute atomic E-state index is 0.200. The summed E-state index contributed by atoms with van der Waals surface area (Å²) in [5.41, 5.74) is 0. The number of ether oxygens (including phenoxy) is 1. The Kier molecular flexibility index (Phi) is 8.51. The molecule has 0 saturated carbocycles. The van der Waals surface area contributed by atoms with Gasteiger partial charge in [-0.2, -0.15) is 24.9 Å². The van der Waals surface area contributed by atoms with Crippen molar-refractivity contribution in [1.82, 2.24) is 0 Å². The molecule has 16 heavy (non-hydrogen) atoms. The minimum Gasteiger partial charge on any atom is -0.468 e. The van der Waals surface area contributed by atoms with E-state index in [0.29, 0.717) is 12.2 Å². The zero-order chi connectivity index (χ0) is 12.4. The molecule has 0 rings (SSSR count). The number of hydrogen-bond acceptors (Lipinski definition) is 3. The molecule has 0 aliphatic carbocycles. The zero-order valence-corrected chi connectivity index (χ0v) is 10.1. The second-order valence-corrected chi connectivity index (χ2v) is 4.51. The van der Waals surface area contributed by atoms with E-state index in [9.17, 15) is 18.0 Å². The van der Waals surface area contributed by atoms with Gasteiger partial charge >= 0.3 is 12.1 Å². The SMILES string of the molecule is COC(=O)CSCCCCCCC(F)(F)F. The normalized spacial score (nSPS) is 11.5. The average Bonchev–Trinajstić information content (AvgIpc) is 2.20. The van der Waals surface area contributed by atoms with Crippen molar-refractivity contribution in [2.75, 3.05) is 18.6 Å². The monoisotopic (exact) mass is 258 g/mol. The van der Waals surface area contributed by atoms with Crippen LogP contribution < -0.4 is 0 Å². The topological polar surface area (TPSA) is 26.3 Å². The average molecular weight is 258 g/mol. The predicted octanol–water partition coefficient (Wildman–Crippen LogP) is 3.41. The van der Waals surface area contributed by atoms with Crippen LogP contribution >= 0.6 is 11.8 Å². The summed E-state index contributed by atoms with van der Waals surface area (Å²) in [5, 5.41) is 0. The molecule has 0 aromatic carbocycles. The molecule has 0 heterocycles. The van der Waals surface area contributed by atoms with E-state index in [1.807, 2.05) is 0 Å². The van der Waals surface area contributed by atoms with Crippen LogP contribution in [0.15, 0.2) is 0 Å². The molecule has 96 valence electrons. The molecule has 2 nitrogen and oxygen atoms in total. The molecule has 0 aliphatic rings. The number of carbonyl (C=O) groups is 1. The molecule has 0 aliphatic heterocycles. The summed E-state index contributed by atoms with van der Waals surface area (Å²) in [5.74, 6) is 0.849. The zero-order valence-electron chi connectivity index (χ0n) is 9.31. The van der Waals surface area contributed by atoms with Gasteiger partial charge in [0.25, 0.3) is 0 Å². The lowest BCUT2D eigenvalue weighted by atomic mass is 10.1. The molecule has 0 spiro atoms. The summed E-state index contributed by atoms with van der Waals surface area (Å²) in [4.78, 5) is 10.7. The molecule has 0 N–H and O–H groups in total. The van der Waals surface area contributed by atoms with Gasteiger partial charge in [0.2, 0.25) is 0 Å². The van der Waals surface area contributed by atoms with Crippen molar-refractivity contribution in [3.05, 3.63) is 0 Å². The van der Waals surface area contributed by atoms with Crippen LogP contribution in [0.1, 0.15) is 32.1 Å². The Bertz CT molecular complexity index is 195. The number of alkyl halides is 3. The number of halogens is 3. The molecule has 0 unspecified atom stereocenters. The van der Waals surface area contributed by atoms with Crippen molar-refractivity contribution in [2.45, 2.75) is 38.3 Å². The second-order valence-electron chi connectivity index (χ2n) is 3.41. The summed E-state index contributed by atoms with van der Waals surface area (Å²) in [6, 6.07) is 0. The summed E-state index contributed by atoms with van der Waals surface area (Å²) in [6.07, 6.45) is -2.30. The fourth-order valence-corrected chi connectivity index (χ4v) is 1.93. The molecule has 0 aromatic rings. The summed E-state index contributed by atoms with van der Waals surface area (Å²) in [6.45, 7) is 0. The molecule has 0 aromatic heterocycles. The molecule has 0 radical (unpaired) electrons. The van der Waals surface area contributed by atoms with E-state index in [0.717, 1.165) is 18.6 Å². The quantitative estimate of drug-likeness (QED) is 0.493. The molecule has 6 heteroatoms. The molecule has 0 amide bonds. The van der Waals surface area contributed by atoms with Crippen molar-refractivity contribution in [3.8, 4) is 0 Å². The Morgan fingerprint density at radius 3 is 2.38 bits per heavy atom. The van der Waals surface area contributed by atoms with Gasteiger partial charge in [0.15, 0.2) is 0 Å². The first-order chi connectivity index (χ1) is 7.45. The van der Waals surface area contributed by atoms with Gasteiger partial charge in [0, 0.05) is 6.42 Å². The van der Waals surface area contributed by atoms with Crippen molar-refractivity contribution >= 4 is 17.7 Å².